The van der Waals surface area contributed by atoms with E-state index in [4.69, 9.17) is 0 Å². The molecule has 15 heavy (non-hydrogen) atoms. The molecule has 0 aromatic carbocycles. The summed E-state index contributed by atoms with van der Waals surface area (Å²) in [5, 5.41) is 12.8. The SMILES string of the molecule is [O]C1(C2CCCCCC2)CCCCCC1. The molecule has 0 aromatic heterocycles. The Hall–Kier alpha value is -0.0400. The van der Waals surface area contributed by atoms with Crippen LogP contribution in [0.3, 0.4) is 0 Å². The van der Waals surface area contributed by atoms with E-state index in [1.54, 1.807) is 0 Å². The smallest absolute Gasteiger partial charge is 0.106 e. The van der Waals surface area contributed by atoms with Gasteiger partial charge in [-0.3, -0.25) is 0 Å². The summed E-state index contributed by atoms with van der Waals surface area (Å²) < 4.78 is 0. The molecule has 0 bridgehead atoms. The van der Waals surface area contributed by atoms with Gasteiger partial charge >= 0.3 is 0 Å². The van der Waals surface area contributed by atoms with Crippen molar-refractivity contribution in [2.75, 3.05) is 0 Å². The topological polar surface area (TPSA) is 19.9 Å². The van der Waals surface area contributed by atoms with Crippen molar-refractivity contribution in [3.63, 3.8) is 0 Å². The first kappa shape index (κ1) is 11.4. The van der Waals surface area contributed by atoms with Crippen molar-refractivity contribution in [1.29, 1.82) is 0 Å². The lowest BCUT2D eigenvalue weighted by atomic mass is 9.77. The molecule has 0 aliphatic heterocycles. The monoisotopic (exact) mass is 209 g/mol. The molecule has 2 rings (SSSR count). The van der Waals surface area contributed by atoms with Crippen LogP contribution in [0.5, 0.6) is 0 Å². The Morgan fingerprint density at radius 3 is 1.67 bits per heavy atom. The van der Waals surface area contributed by atoms with E-state index < -0.39 is 5.60 Å². The Morgan fingerprint density at radius 1 is 0.667 bits per heavy atom. The van der Waals surface area contributed by atoms with Crippen molar-refractivity contribution in [2.24, 2.45) is 5.92 Å². The lowest BCUT2D eigenvalue weighted by Gasteiger charge is -2.32. The van der Waals surface area contributed by atoms with Crippen LogP contribution in [0.25, 0.3) is 0 Å². The summed E-state index contributed by atoms with van der Waals surface area (Å²) in [5.74, 6) is 0.512. The van der Waals surface area contributed by atoms with Crippen LogP contribution in [0.4, 0.5) is 0 Å². The third-order valence-electron chi connectivity index (χ3n) is 4.55. The van der Waals surface area contributed by atoms with Gasteiger partial charge in [0.25, 0.3) is 0 Å². The largest absolute Gasteiger partial charge is 0.229 e. The highest BCUT2D eigenvalue weighted by Gasteiger charge is 2.38. The van der Waals surface area contributed by atoms with E-state index in [-0.39, 0.29) is 0 Å². The van der Waals surface area contributed by atoms with Gasteiger partial charge in [-0.2, -0.15) is 0 Å². The first-order chi connectivity index (χ1) is 7.31. The van der Waals surface area contributed by atoms with Crippen molar-refractivity contribution < 1.29 is 5.11 Å². The first-order valence-electron chi connectivity index (χ1n) is 7.02. The second kappa shape index (κ2) is 5.34. The van der Waals surface area contributed by atoms with Crippen molar-refractivity contribution >= 4 is 0 Å². The summed E-state index contributed by atoms with van der Waals surface area (Å²) in [4.78, 5) is 0. The fourth-order valence-electron chi connectivity index (χ4n) is 3.54. The number of hydrogen-bond donors (Lipinski definition) is 0. The van der Waals surface area contributed by atoms with Gasteiger partial charge in [0.15, 0.2) is 0 Å². The van der Waals surface area contributed by atoms with Crippen LogP contribution in [0.2, 0.25) is 0 Å². The van der Waals surface area contributed by atoms with Crippen molar-refractivity contribution in [3.8, 4) is 0 Å². The van der Waals surface area contributed by atoms with Crippen LogP contribution in [-0.4, -0.2) is 5.60 Å². The summed E-state index contributed by atoms with van der Waals surface area (Å²) in [6.45, 7) is 0. The molecule has 1 heteroatoms. The highest BCUT2D eigenvalue weighted by Crippen LogP contribution is 2.40. The lowest BCUT2D eigenvalue weighted by Crippen LogP contribution is -2.35. The maximum Gasteiger partial charge on any atom is 0.106 e. The van der Waals surface area contributed by atoms with Gasteiger partial charge in [0, 0.05) is 0 Å². The standard InChI is InChI=1S/C14H25O/c15-14(11-7-3-4-8-12-14)13-9-5-1-2-6-10-13/h13H,1-12H2. The van der Waals surface area contributed by atoms with Crippen LogP contribution in [-0.2, 0) is 5.11 Å². The summed E-state index contributed by atoms with van der Waals surface area (Å²) in [6, 6.07) is 0. The molecule has 0 spiro atoms. The van der Waals surface area contributed by atoms with Crippen molar-refractivity contribution in [1.82, 2.24) is 0 Å². The molecule has 2 aliphatic rings. The van der Waals surface area contributed by atoms with Crippen LogP contribution < -0.4 is 0 Å². The van der Waals surface area contributed by atoms with E-state index in [1.807, 2.05) is 0 Å². The lowest BCUT2D eigenvalue weighted by molar-refractivity contribution is -0.0937. The van der Waals surface area contributed by atoms with E-state index in [1.165, 1.54) is 64.2 Å². The summed E-state index contributed by atoms with van der Waals surface area (Å²) in [6.07, 6.45) is 14.7. The van der Waals surface area contributed by atoms with Gasteiger partial charge in [-0.1, -0.05) is 51.4 Å². The van der Waals surface area contributed by atoms with Gasteiger partial charge in [-0.15, -0.1) is 0 Å². The van der Waals surface area contributed by atoms with Crippen LogP contribution >= 0.6 is 0 Å². The molecule has 0 amide bonds. The van der Waals surface area contributed by atoms with Crippen molar-refractivity contribution in [3.05, 3.63) is 0 Å². The van der Waals surface area contributed by atoms with Gasteiger partial charge in [0.2, 0.25) is 0 Å². The average molecular weight is 209 g/mol. The van der Waals surface area contributed by atoms with Gasteiger partial charge in [0.05, 0.1) is 0 Å². The zero-order valence-electron chi connectivity index (χ0n) is 9.97. The fourth-order valence-corrected chi connectivity index (χ4v) is 3.54. The normalized spacial score (nSPS) is 29.4. The summed E-state index contributed by atoms with van der Waals surface area (Å²) in [5.41, 5.74) is -0.527. The van der Waals surface area contributed by atoms with Crippen LogP contribution in [0.1, 0.15) is 77.0 Å². The minimum absolute atomic E-state index is 0.512. The van der Waals surface area contributed by atoms with Gasteiger partial charge in [0.1, 0.15) is 5.60 Å². The maximum absolute atomic E-state index is 12.8. The predicted molar refractivity (Wildman–Crippen MR) is 62.3 cm³/mol. The van der Waals surface area contributed by atoms with E-state index in [2.05, 4.69) is 0 Å². The highest BCUT2D eigenvalue weighted by molar-refractivity contribution is 4.88. The van der Waals surface area contributed by atoms with Crippen LogP contribution in [0.15, 0.2) is 0 Å². The Bertz CT molecular complexity index is 172. The molecular formula is C14H25O. The van der Waals surface area contributed by atoms with Crippen molar-refractivity contribution in [2.45, 2.75) is 82.7 Å². The molecule has 0 heterocycles. The molecule has 87 valence electrons. The van der Waals surface area contributed by atoms with E-state index >= 15 is 0 Å². The molecular weight excluding hydrogens is 184 g/mol. The quantitative estimate of drug-likeness (QED) is 0.567. The minimum atomic E-state index is -0.527. The molecule has 1 radical (unpaired) electrons. The van der Waals surface area contributed by atoms with E-state index in [9.17, 15) is 5.11 Å². The molecule has 1 nitrogen and oxygen atoms in total. The molecule has 0 unspecified atom stereocenters. The highest BCUT2D eigenvalue weighted by atomic mass is 16.3. The van der Waals surface area contributed by atoms with Crippen LogP contribution in [0, 0.1) is 5.92 Å². The molecule has 0 N–H and O–H groups in total. The summed E-state index contributed by atoms with van der Waals surface area (Å²) in [7, 11) is 0. The maximum atomic E-state index is 12.8. The Balaban J connectivity index is 1.97. The zero-order chi connectivity index (χ0) is 10.6. The molecule has 0 aromatic rings. The number of rotatable bonds is 1. The molecule has 2 fully saturated rings. The predicted octanol–water partition coefficient (Wildman–Crippen LogP) is 4.48. The average Bonchev–Trinajstić information content (AvgIpc) is 2.60. The Labute approximate surface area is 94.3 Å². The number of hydrogen-bond acceptors (Lipinski definition) is 0. The third kappa shape index (κ3) is 2.96. The van der Waals surface area contributed by atoms with Gasteiger partial charge in [-0.05, 0) is 31.6 Å². The fraction of sp³-hybridized carbons (Fsp3) is 1.00. The second-order valence-corrected chi connectivity index (χ2v) is 5.67. The van der Waals surface area contributed by atoms with Gasteiger partial charge in [-0.25, -0.2) is 5.11 Å². The van der Waals surface area contributed by atoms with Gasteiger partial charge < -0.3 is 0 Å². The second-order valence-electron chi connectivity index (χ2n) is 5.67. The molecule has 0 atom stereocenters. The Morgan fingerprint density at radius 2 is 1.13 bits per heavy atom. The first-order valence-corrected chi connectivity index (χ1v) is 7.02. The molecule has 2 saturated carbocycles. The zero-order valence-corrected chi connectivity index (χ0v) is 9.97. The molecule has 0 saturated heterocycles. The van der Waals surface area contributed by atoms with E-state index in [0.29, 0.717) is 5.92 Å². The summed E-state index contributed by atoms with van der Waals surface area (Å²) >= 11 is 0. The molecule has 2 aliphatic carbocycles. The van der Waals surface area contributed by atoms with E-state index in [0.717, 1.165) is 12.8 Å². The minimum Gasteiger partial charge on any atom is -0.229 e. The third-order valence-corrected chi connectivity index (χ3v) is 4.55. The Kier molecular flexibility index (Phi) is 4.07.